The molecule has 160 valence electrons. The zero-order valence-electron chi connectivity index (χ0n) is 17.7. The summed E-state index contributed by atoms with van der Waals surface area (Å²) in [5, 5.41) is 9.67. The Morgan fingerprint density at radius 1 is 0.935 bits per heavy atom. The fourth-order valence-corrected chi connectivity index (χ4v) is 5.35. The van der Waals surface area contributed by atoms with Crippen LogP contribution in [0.3, 0.4) is 0 Å². The van der Waals surface area contributed by atoms with E-state index in [1.54, 1.807) is 11.8 Å². The summed E-state index contributed by atoms with van der Waals surface area (Å²) in [6.45, 7) is 2.45. The van der Waals surface area contributed by atoms with Crippen LogP contribution < -0.4 is 0 Å². The van der Waals surface area contributed by atoms with Gasteiger partial charge in [0.1, 0.15) is 11.1 Å². The van der Waals surface area contributed by atoms with Crippen molar-refractivity contribution in [1.29, 1.82) is 0 Å². The van der Waals surface area contributed by atoms with Crippen LogP contribution >= 0.6 is 11.8 Å². The van der Waals surface area contributed by atoms with Crippen molar-refractivity contribution in [1.82, 2.24) is 19.7 Å². The first-order valence-corrected chi connectivity index (χ1v) is 12.1. The monoisotopic (exact) mass is 432 g/mol. The minimum absolute atomic E-state index is 0.193. The molecule has 5 nitrogen and oxygen atoms in total. The van der Waals surface area contributed by atoms with Crippen molar-refractivity contribution in [2.24, 2.45) is 0 Å². The van der Waals surface area contributed by atoms with Gasteiger partial charge in [-0.15, -0.1) is 10.2 Å². The third-order valence-corrected chi connectivity index (χ3v) is 7.31. The summed E-state index contributed by atoms with van der Waals surface area (Å²) >= 11 is 1.55. The molecule has 2 aliphatic rings. The van der Waals surface area contributed by atoms with Gasteiger partial charge in [-0.2, -0.15) is 0 Å². The summed E-state index contributed by atoms with van der Waals surface area (Å²) in [6, 6.07) is 20.6. The highest BCUT2D eigenvalue weighted by Crippen LogP contribution is 2.42. The van der Waals surface area contributed by atoms with Crippen LogP contribution in [0.25, 0.3) is 0 Å². The quantitative estimate of drug-likeness (QED) is 0.490. The van der Waals surface area contributed by atoms with Gasteiger partial charge >= 0.3 is 0 Å². The Kier molecular flexibility index (Phi) is 6.07. The molecule has 2 aromatic carbocycles. The molecule has 0 spiro atoms. The summed E-state index contributed by atoms with van der Waals surface area (Å²) in [7, 11) is 0. The lowest BCUT2D eigenvalue weighted by atomic mass is 10.1. The van der Waals surface area contributed by atoms with E-state index in [0.29, 0.717) is 5.92 Å². The van der Waals surface area contributed by atoms with E-state index in [-0.39, 0.29) is 11.2 Å². The fraction of sp³-hybridized carbons (Fsp3) is 0.400. The Labute approximate surface area is 187 Å². The first-order valence-electron chi connectivity index (χ1n) is 11.3. The van der Waals surface area contributed by atoms with Crippen LogP contribution in [0.5, 0.6) is 0 Å². The van der Waals surface area contributed by atoms with Crippen molar-refractivity contribution in [3.8, 4) is 0 Å². The molecule has 1 saturated heterocycles. The van der Waals surface area contributed by atoms with Crippen LogP contribution in [0.1, 0.15) is 60.2 Å². The number of piperidine rings is 1. The molecule has 2 heterocycles. The lowest BCUT2D eigenvalue weighted by Gasteiger charge is -2.30. The van der Waals surface area contributed by atoms with Gasteiger partial charge in [0.25, 0.3) is 0 Å². The van der Waals surface area contributed by atoms with Gasteiger partial charge in [-0.1, -0.05) is 72.4 Å². The molecular formula is C25H28N4OS. The topological polar surface area (TPSA) is 51.0 Å². The molecule has 0 radical (unpaired) electrons. The van der Waals surface area contributed by atoms with Gasteiger partial charge < -0.3 is 9.47 Å². The van der Waals surface area contributed by atoms with E-state index in [1.807, 2.05) is 29.2 Å². The predicted octanol–water partition coefficient (Wildman–Crippen LogP) is 5.05. The molecule has 1 saturated carbocycles. The largest absolute Gasteiger partial charge is 0.341 e. The summed E-state index contributed by atoms with van der Waals surface area (Å²) < 4.78 is 2.23. The van der Waals surface area contributed by atoms with E-state index < -0.39 is 0 Å². The van der Waals surface area contributed by atoms with E-state index in [0.717, 1.165) is 49.0 Å². The molecule has 6 heteroatoms. The van der Waals surface area contributed by atoms with Gasteiger partial charge in [-0.25, -0.2) is 0 Å². The molecule has 0 N–H and O–H groups in total. The molecule has 31 heavy (non-hydrogen) atoms. The van der Waals surface area contributed by atoms with Gasteiger partial charge in [0.15, 0.2) is 5.16 Å². The Morgan fingerprint density at radius 2 is 1.61 bits per heavy atom. The van der Waals surface area contributed by atoms with Crippen molar-refractivity contribution < 1.29 is 4.79 Å². The van der Waals surface area contributed by atoms with Crippen molar-refractivity contribution in [2.45, 2.75) is 55.0 Å². The SMILES string of the molecule is O=C([C@@H](Sc1nnc(C2CC2)n1Cc1ccccc1)c1ccccc1)N1CCCCC1. The Morgan fingerprint density at radius 3 is 2.29 bits per heavy atom. The summed E-state index contributed by atoms with van der Waals surface area (Å²) in [5.74, 6) is 1.75. The van der Waals surface area contributed by atoms with Crippen LogP contribution in [0.15, 0.2) is 65.8 Å². The molecule has 1 atom stereocenters. The normalized spacial score (nSPS) is 17.5. The van der Waals surface area contributed by atoms with Crippen LogP contribution in [-0.4, -0.2) is 38.7 Å². The molecule has 1 aliphatic heterocycles. The van der Waals surface area contributed by atoms with E-state index in [4.69, 9.17) is 0 Å². The second kappa shape index (κ2) is 9.27. The minimum atomic E-state index is -0.301. The van der Waals surface area contributed by atoms with Crippen molar-refractivity contribution in [3.63, 3.8) is 0 Å². The maximum Gasteiger partial charge on any atom is 0.240 e. The molecule has 3 aromatic rings. The molecule has 0 bridgehead atoms. The zero-order valence-corrected chi connectivity index (χ0v) is 18.5. The number of carbonyl (C=O) groups is 1. The average Bonchev–Trinajstić information content (AvgIpc) is 3.61. The number of rotatable bonds is 7. The van der Waals surface area contributed by atoms with E-state index >= 15 is 0 Å². The van der Waals surface area contributed by atoms with Gasteiger partial charge in [-0.3, -0.25) is 4.79 Å². The minimum Gasteiger partial charge on any atom is -0.341 e. The molecular weight excluding hydrogens is 404 g/mol. The lowest BCUT2D eigenvalue weighted by molar-refractivity contribution is -0.131. The lowest BCUT2D eigenvalue weighted by Crippen LogP contribution is -2.38. The number of likely N-dealkylation sites (tertiary alicyclic amines) is 1. The van der Waals surface area contributed by atoms with Gasteiger partial charge in [-0.05, 0) is 43.2 Å². The highest BCUT2D eigenvalue weighted by Gasteiger charge is 2.33. The molecule has 2 fully saturated rings. The van der Waals surface area contributed by atoms with E-state index in [9.17, 15) is 4.79 Å². The van der Waals surface area contributed by atoms with Crippen molar-refractivity contribution in [2.75, 3.05) is 13.1 Å². The first-order chi connectivity index (χ1) is 15.3. The van der Waals surface area contributed by atoms with E-state index in [1.165, 1.54) is 24.8 Å². The smallest absolute Gasteiger partial charge is 0.240 e. The third-order valence-electron chi connectivity index (χ3n) is 6.09. The summed E-state index contributed by atoms with van der Waals surface area (Å²) in [5.41, 5.74) is 2.26. The van der Waals surface area contributed by atoms with Gasteiger partial charge in [0.05, 0.1) is 6.54 Å². The predicted molar refractivity (Wildman–Crippen MR) is 123 cm³/mol. The second-order valence-electron chi connectivity index (χ2n) is 8.48. The van der Waals surface area contributed by atoms with Gasteiger partial charge in [0, 0.05) is 19.0 Å². The molecule has 0 unspecified atom stereocenters. The van der Waals surface area contributed by atoms with Crippen molar-refractivity contribution >= 4 is 17.7 Å². The number of hydrogen-bond donors (Lipinski definition) is 0. The number of benzene rings is 2. The third kappa shape index (κ3) is 4.69. The van der Waals surface area contributed by atoms with Crippen LogP contribution in [0, 0.1) is 0 Å². The molecule has 1 aliphatic carbocycles. The zero-order chi connectivity index (χ0) is 21.0. The average molecular weight is 433 g/mol. The molecule has 5 rings (SSSR count). The maximum atomic E-state index is 13.6. The highest BCUT2D eigenvalue weighted by molar-refractivity contribution is 8.00. The summed E-state index contributed by atoms with van der Waals surface area (Å²) in [4.78, 5) is 15.6. The first kappa shape index (κ1) is 20.3. The standard InChI is InChI=1S/C25H28N4OS/c30-24(28-16-8-3-9-17-28)22(20-12-6-2-7-13-20)31-25-27-26-23(21-14-15-21)29(25)18-19-10-4-1-5-11-19/h1-2,4-7,10-13,21-22H,3,8-9,14-18H2/t22-/m0/s1. The summed E-state index contributed by atoms with van der Waals surface area (Å²) in [6.07, 6.45) is 5.74. The maximum absolute atomic E-state index is 13.6. The fourth-order valence-electron chi connectivity index (χ4n) is 4.22. The number of hydrogen-bond acceptors (Lipinski definition) is 4. The van der Waals surface area contributed by atoms with Crippen LogP contribution in [0.4, 0.5) is 0 Å². The number of aromatic nitrogens is 3. The van der Waals surface area contributed by atoms with E-state index in [2.05, 4.69) is 51.2 Å². The molecule has 1 aromatic heterocycles. The van der Waals surface area contributed by atoms with Crippen molar-refractivity contribution in [3.05, 3.63) is 77.6 Å². The second-order valence-corrected chi connectivity index (χ2v) is 9.55. The molecule has 1 amide bonds. The van der Waals surface area contributed by atoms with Gasteiger partial charge in [0.2, 0.25) is 5.91 Å². The highest BCUT2D eigenvalue weighted by atomic mass is 32.2. The Balaban J connectivity index is 1.46. The number of carbonyl (C=O) groups excluding carboxylic acids is 1. The number of amides is 1. The van der Waals surface area contributed by atoms with Crippen LogP contribution in [-0.2, 0) is 11.3 Å². The number of nitrogens with zero attached hydrogens (tertiary/aromatic N) is 4. The Hall–Kier alpha value is -2.60. The number of thioether (sulfide) groups is 1. The Bertz CT molecular complexity index is 1010. The van der Waals surface area contributed by atoms with Crippen LogP contribution in [0.2, 0.25) is 0 Å².